The highest BCUT2D eigenvalue weighted by molar-refractivity contribution is 5.96. The molecule has 0 aliphatic rings. The molecule has 0 spiro atoms. The molecule has 2 N–H and O–H groups in total. The molecule has 3 aromatic rings. The predicted molar refractivity (Wildman–Crippen MR) is 153 cm³/mol. The molecule has 38 heavy (non-hydrogen) atoms. The smallest absolute Gasteiger partial charge is 0.322 e. The van der Waals surface area contributed by atoms with Gasteiger partial charge in [0.05, 0.1) is 18.5 Å². The van der Waals surface area contributed by atoms with Gasteiger partial charge in [0.25, 0.3) is 0 Å². The number of rotatable bonds is 9. The molecule has 0 bridgehead atoms. The lowest BCUT2D eigenvalue weighted by atomic mass is 9.92. The second kappa shape index (κ2) is 12.2. The Morgan fingerprint density at radius 3 is 2.13 bits per heavy atom. The fourth-order valence-electron chi connectivity index (χ4n) is 3.93. The largest absolute Gasteiger partial charge is 0.497 e. The minimum absolute atomic E-state index is 0.0905. The molecule has 8 nitrogen and oxygen atoms in total. The van der Waals surface area contributed by atoms with E-state index in [1.807, 2.05) is 68.4 Å². The van der Waals surface area contributed by atoms with E-state index in [2.05, 4.69) is 45.3 Å². The number of nitrogens with zero attached hydrogens (tertiary/aromatic N) is 3. The van der Waals surface area contributed by atoms with Gasteiger partial charge in [-0.05, 0) is 53.8 Å². The van der Waals surface area contributed by atoms with Crippen LogP contribution in [0.5, 0.6) is 5.75 Å². The lowest BCUT2D eigenvalue weighted by Gasteiger charge is -2.24. The first-order valence-corrected chi connectivity index (χ1v) is 13.1. The van der Waals surface area contributed by atoms with E-state index in [0.717, 1.165) is 17.1 Å². The minimum atomic E-state index is -0.315. The molecule has 3 amide bonds. The zero-order chi connectivity index (χ0) is 28.0. The Bertz CT molecular complexity index is 1220. The van der Waals surface area contributed by atoms with Crippen molar-refractivity contribution in [3.63, 3.8) is 0 Å². The topological polar surface area (TPSA) is 88.5 Å². The summed E-state index contributed by atoms with van der Waals surface area (Å²) in [6.45, 7) is 14.9. The Labute approximate surface area is 226 Å². The number of amides is 3. The Balaban J connectivity index is 1.79. The van der Waals surface area contributed by atoms with Crippen molar-refractivity contribution >= 4 is 23.4 Å². The third kappa shape index (κ3) is 7.60. The van der Waals surface area contributed by atoms with Gasteiger partial charge < -0.3 is 20.3 Å². The first kappa shape index (κ1) is 28.8. The molecule has 1 heterocycles. The predicted octanol–water partition coefficient (Wildman–Crippen LogP) is 6.43. The molecule has 0 saturated heterocycles. The summed E-state index contributed by atoms with van der Waals surface area (Å²) < 4.78 is 6.98. The van der Waals surface area contributed by atoms with Crippen LogP contribution < -0.4 is 15.4 Å². The van der Waals surface area contributed by atoms with Crippen molar-refractivity contribution in [1.82, 2.24) is 14.7 Å². The number of carbonyl (C=O) groups is 2. The normalized spacial score (nSPS) is 11.5. The van der Waals surface area contributed by atoms with Crippen LogP contribution >= 0.6 is 0 Å². The molecule has 0 aliphatic heterocycles. The number of anilines is 2. The van der Waals surface area contributed by atoms with Crippen LogP contribution in [0, 0.1) is 5.92 Å². The van der Waals surface area contributed by atoms with Gasteiger partial charge in [0.2, 0.25) is 5.91 Å². The van der Waals surface area contributed by atoms with Crippen LogP contribution in [-0.2, 0) is 10.2 Å². The van der Waals surface area contributed by atoms with E-state index in [1.54, 1.807) is 11.8 Å². The standard InChI is InChI=1S/C30H41N5O3/c1-20(2)18-34(29(37)31-23-11-9-22(10-12-23)21(3)4)19-28(36)32-27-17-26(30(5,6)7)33-35(27)24-13-15-25(38-8)16-14-24/h9-17,20-21H,18-19H2,1-8H3,(H,31,37)(H,32,36). The molecule has 1 aromatic heterocycles. The summed E-state index contributed by atoms with van der Waals surface area (Å²) in [5.41, 5.74) is 3.31. The Hall–Kier alpha value is -3.81. The van der Waals surface area contributed by atoms with Crippen molar-refractivity contribution in [1.29, 1.82) is 0 Å². The number of hydrogen-bond donors (Lipinski definition) is 2. The van der Waals surface area contributed by atoms with Crippen molar-refractivity contribution in [2.45, 2.75) is 59.8 Å². The monoisotopic (exact) mass is 519 g/mol. The average molecular weight is 520 g/mol. The van der Waals surface area contributed by atoms with Gasteiger partial charge in [0, 0.05) is 23.7 Å². The summed E-state index contributed by atoms with van der Waals surface area (Å²) in [4.78, 5) is 27.9. The molecule has 8 heteroatoms. The summed E-state index contributed by atoms with van der Waals surface area (Å²) in [6, 6.07) is 16.8. The number of methoxy groups -OCH3 is 1. The fourth-order valence-corrected chi connectivity index (χ4v) is 3.93. The zero-order valence-corrected chi connectivity index (χ0v) is 23.8. The number of hydrogen-bond acceptors (Lipinski definition) is 4. The van der Waals surface area contributed by atoms with E-state index in [4.69, 9.17) is 9.84 Å². The average Bonchev–Trinajstić information content (AvgIpc) is 3.28. The van der Waals surface area contributed by atoms with Crippen LogP contribution in [-0.4, -0.2) is 46.8 Å². The molecule has 0 radical (unpaired) electrons. The summed E-state index contributed by atoms with van der Waals surface area (Å²) in [5, 5.41) is 10.7. The van der Waals surface area contributed by atoms with Gasteiger partial charge >= 0.3 is 6.03 Å². The lowest BCUT2D eigenvalue weighted by molar-refractivity contribution is -0.116. The van der Waals surface area contributed by atoms with Crippen molar-refractivity contribution in [2.75, 3.05) is 30.8 Å². The zero-order valence-electron chi connectivity index (χ0n) is 23.8. The quantitative estimate of drug-likeness (QED) is 0.341. The van der Waals surface area contributed by atoms with E-state index >= 15 is 0 Å². The third-order valence-electron chi connectivity index (χ3n) is 6.10. The molecule has 0 saturated carbocycles. The van der Waals surface area contributed by atoms with Gasteiger partial charge in [-0.25, -0.2) is 9.48 Å². The summed E-state index contributed by atoms with van der Waals surface area (Å²) in [6.07, 6.45) is 0. The minimum Gasteiger partial charge on any atom is -0.497 e. The Morgan fingerprint density at radius 2 is 1.61 bits per heavy atom. The third-order valence-corrected chi connectivity index (χ3v) is 6.10. The van der Waals surface area contributed by atoms with E-state index in [1.165, 1.54) is 10.5 Å². The molecule has 204 valence electrons. The van der Waals surface area contributed by atoms with E-state index in [-0.39, 0.29) is 29.8 Å². The fraction of sp³-hybridized carbons (Fsp3) is 0.433. The van der Waals surface area contributed by atoms with Crippen LogP contribution in [0.3, 0.4) is 0 Å². The first-order chi connectivity index (χ1) is 17.9. The second-order valence-corrected chi connectivity index (χ2v) is 11.3. The summed E-state index contributed by atoms with van der Waals surface area (Å²) >= 11 is 0. The number of benzene rings is 2. The number of ether oxygens (including phenoxy) is 1. The van der Waals surface area contributed by atoms with Gasteiger partial charge in [0.15, 0.2) is 0 Å². The maximum absolute atomic E-state index is 13.2. The highest BCUT2D eigenvalue weighted by Crippen LogP contribution is 2.27. The molecule has 2 aromatic carbocycles. The molecular weight excluding hydrogens is 478 g/mol. The number of nitrogens with one attached hydrogen (secondary N) is 2. The molecule has 0 unspecified atom stereocenters. The lowest BCUT2D eigenvalue weighted by Crippen LogP contribution is -2.42. The summed E-state index contributed by atoms with van der Waals surface area (Å²) in [7, 11) is 1.62. The van der Waals surface area contributed by atoms with Crippen LogP contribution in [0.15, 0.2) is 54.6 Å². The highest BCUT2D eigenvalue weighted by atomic mass is 16.5. The van der Waals surface area contributed by atoms with Crippen LogP contribution in [0.2, 0.25) is 0 Å². The first-order valence-electron chi connectivity index (χ1n) is 13.1. The van der Waals surface area contributed by atoms with Crippen molar-refractivity contribution in [3.05, 3.63) is 65.9 Å². The molecular formula is C30H41N5O3. The van der Waals surface area contributed by atoms with Gasteiger partial charge in [-0.2, -0.15) is 5.10 Å². The van der Waals surface area contributed by atoms with Crippen LogP contribution in [0.1, 0.15) is 65.6 Å². The summed E-state index contributed by atoms with van der Waals surface area (Å²) in [5.74, 6) is 1.57. The van der Waals surface area contributed by atoms with Crippen molar-refractivity contribution in [3.8, 4) is 11.4 Å². The Kier molecular flexibility index (Phi) is 9.20. The molecule has 0 aliphatic carbocycles. The van der Waals surface area contributed by atoms with Gasteiger partial charge in [-0.15, -0.1) is 0 Å². The van der Waals surface area contributed by atoms with E-state index in [9.17, 15) is 9.59 Å². The molecule has 3 rings (SSSR count). The second-order valence-electron chi connectivity index (χ2n) is 11.3. The van der Waals surface area contributed by atoms with Gasteiger partial charge in [0.1, 0.15) is 18.1 Å². The highest BCUT2D eigenvalue weighted by Gasteiger charge is 2.23. The molecule has 0 fully saturated rings. The van der Waals surface area contributed by atoms with Crippen LogP contribution in [0.25, 0.3) is 5.69 Å². The molecule has 0 atom stereocenters. The van der Waals surface area contributed by atoms with Gasteiger partial charge in [-0.3, -0.25) is 4.79 Å². The van der Waals surface area contributed by atoms with Crippen LogP contribution in [0.4, 0.5) is 16.3 Å². The van der Waals surface area contributed by atoms with E-state index < -0.39 is 0 Å². The van der Waals surface area contributed by atoms with Crippen molar-refractivity contribution < 1.29 is 14.3 Å². The Morgan fingerprint density at radius 1 is 0.974 bits per heavy atom. The maximum atomic E-state index is 13.2. The number of aromatic nitrogens is 2. The van der Waals surface area contributed by atoms with Gasteiger partial charge in [-0.1, -0.05) is 60.6 Å². The van der Waals surface area contributed by atoms with Crippen molar-refractivity contribution in [2.24, 2.45) is 5.92 Å². The van der Waals surface area contributed by atoms with E-state index in [0.29, 0.717) is 24.0 Å². The maximum Gasteiger partial charge on any atom is 0.322 e. The number of urea groups is 1. The number of carbonyl (C=O) groups excluding carboxylic acids is 2. The SMILES string of the molecule is COc1ccc(-n2nc(C(C)(C)C)cc2NC(=O)CN(CC(C)C)C(=O)Nc2ccc(C(C)C)cc2)cc1.